The van der Waals surface area contributed by atoms with Gasteiger partial charge in [0.1, 0.15) is 0 Å². The molecule has 0 bridgehead atoms. The topological polar surface area (TPSA) is 84.5 Å². The largest absolute Gasteiger partial charge is 0.465 e. The first-order chi connectivity index (χ1) is 12.4. The summed E-state index contributed by atoms with van der Waals surface area (Å²) in [5.41, 5.74) is 2.12. The molecule has 0 aromatic heterocycles. The Morgan fingerprint density at radius 2 is 1.69 bits per heavy atom. The summed E-state index contributed by atoms with van der Waals surface area (Å²) < 4.78 is 4.67. The number of ether oxygens (including phenoxy) is 1. The molecule has 0 saturated heterocycles. The van der Waals surface area contributed by atoms with E-state index in [0.717, 1.165) is 0 Å². The third kappa shape index (κ3) is 5.32. The van der Waals surface area contributed by atoms with Crippen molar-refractivity contribution in [2.75, 3.05) is 24.3 Å². The maximum absolute atomic E-state index is 12.0. The molecule has 1 amide bonds. The van der Waals surface area contributed by atoms with Gasteiger partial charge in [0.25, 0.3) is 0 Å². The molecular formula is C19H19ClN2O4. The van der Waals surface area contributed by atoms with E-state index in [-0.39, 0.29) is 18.1 Å². The number of Topliss-reactive ketones (excluding diaryl/α,β-unsaturated/α-hetero) is 1. The number of nitrogens with one attached hydrogen (secondary N) is 2. The summed E-state index contributed by atoms with van der Waals surface area (Å²) in [7, 11) is 1.30. The van der Waals surface area contributed by atoms with Crippen molar-refractivity contribution in [2.24, 2.45) is 0 Å². The molecule has 6 nitrogen and oxygen atoms in total. The third-order valence-electron chi connectivity index (χ3n) is 3.63. The van der Waals surface area contributed by atoms with Crippen molar-refractivity contribution in [2.45, 2.75) is 13.3 Å². The maximum atomic E-state index is 12.0. The van der Waals surface area contributed by atoms with Gasteiger partial charge >= 0.3 is 5.97 Å². The summed E-state index contributed by atoms with van der Waals surface area (Å²) in [4.78, 5) is 34.8. The minimum atomic E-state index is -0.462. The fraction of sp³-hybridized carbons (Fsp3) is 0.211. The Morgan fingerprint density at radius 1 is 1.04 bits per heavy atom. The van der Waals surface area contributed by atoms with E-state index in [0.29, 0.717) is 34.1 Å². The summed E-state index contributed by atoms with van der Waals surface area (Å²) in [6.07, 6.45) is 0.202. The third-order valence-corrected chi connectivity index (χ3v) is 3.96. The monoisotopic (exact) mass is 374 g/mol. The average Bonchev–Trinajstić information content (AvgIpc) is 2.63. The highest BCUT2D eigenvalue weighted by Gasteiger charge is 2.09. The number of carbonyl (C=O) groups is 3. The lowest BCUT2D eigenvalue weighted by Gasteiger charge is -2.10. The van der Waals surface area contributed by atoms with Crippen LogP contribution >= 0.6 is 11.6 Å². The number of esters is 1. The summed E-state index contributed by atoms with van der Waals surface area (Å²) in [6, 6.07) is 11.4. The van der Waals surface area contributed by atoms with Crippen LogP contribution in [-0.2, 0) is 9.53 Å². The van der Waals surface area contributed by atoms with E-state index >= 15 is 0 Å². The fourth-order valence-electron chi connectivity index (χ4n) is 2.23. The molecule has 0 aliphatic carbocycles. The van der Waals surface area contributed by atoms with Crippen LogP contribution < -0.4 is 10.6 Å². The number of anilines is 2. The molecule has 0 fully saturated rings. The zero-order chi connectivity index (χ0) is 19.1. The minimum Gasteiger partial charge on any atom is -0.465 e. The first-order valence-corrected chi connectivity index (χ1v) is 8.31. The molecule has 136 valence electrons. The Hall–Kier alpha value is -2.86. The molecule has 0 unspecified atom stereocenters. The first kappa shape index (κ1) is 19.5. The van der Waals surface area contributed by atoms with Gasteiger partial charge in [-0.15, -0.1) is 0 Å². The first-order valence-electron chi connectivity index (χ1n) is 7.93. The lowest BCUT2D eigenvalue weighted by Crippen LogP contribution is -2.16. The lowest BCUT2D eigenvalue weighted by atomic mass is 10.1. The molecule has 0 saturated carbocycles. The molecule has 0 aliphatic heterocycles. The van der Waals surface area contributed by atoms with E-state index < -0.39 is 5.97 Å². The molecular weight excluding hydrogens is 356 g/mol. The van der Waals surface area contributed by atoms with Crippen molar-refractivity contribution in [3.05, 3.63) is 58.6 Å². The predicted molar refractivity (Wildman–Crippen MR) is 101 cm³/mol. The Kier molecular flexibility index (Phi) is 6.74. The van der Waals surface area contributed by atoms with E-state index in [1.165, 1.54) is 14.0 Å². The highest BCUT2D eigenvalue weighted by atomic mass is 35.5. The van der Waals surface area contributed by atoms with E-state index in [4.69, 9.17) is 11.6 Å². The summed E-state index contributed by atoms with van der Waals surface area (Å²) in [6.45, 7) is 1.82. The normalized spacial score (nSPS) is 10.1. The number of hydrogen-bond donors (Lipinski definition) is 2. The molecule has 0 aliphatic rings. The van der Waals surface area contributed by atoms with Crippen LogP contribution in [0, 0.1) is 0 Å². The van der Waals surface area contributed by atoms with Gasteiger partial charge in [-0.2, -0.15) is 0 Å². The molecule has 2 rings (SSSR count). The number of rotatable bonds is 7. The number of amides is 1. The number of ketones is 1. The van der Waals surface area contributed by atoms with E-state index in [2.05, 4.69) is 15.4 Å². The second-order valence-corrected chi connectivity index (χ2v) is 5.95. The molecule has 2 aromatic carbocycles. The van der Waals surface area contributed by atoms with Crippen molar-refractivity contribution in [1.82, 2.24) is 0 Å². The number of methoxy groups -OCH3 is 1. The Labute approximate surface area is 156 Å². The molecule has 7 heteroatoms. The van der Waals surface area contributed by atoms with E-state index in [9.17, 15) is 14.4 Å². The van der Waals surface area contributed by atoms with E-state index in [1.807, 2.05) is 0 Å². The fourth-order valence-corrected chi connectivity index (χ4v) is 2.41. The van der Waals surface area contributed by atoms with E-state index in [1.54, 1.807) is 42.5 Å². The van der Waals surface area contributed by atoms with Crippen molar-refractivity contribution in [3.63, 3.8) is 0 Å². The smallest absolute Gasteiger partial charge is 0.337 e. The van der Waals surface area contributed by atoms with Gasteiger partial charge in [0.15, 0.2) is 5.78 Å². The zero-order valence-corrected chi connectivity index (χ0v) is 15.2. The quantitative estimate of drug-likeness (QED) is 0.569. The molecule has 0 heterocycles. The zero-order valence-electron chi connectivity index (χ0n) is 14.5. The highest BCUT2D eigenvalue weighted by molar-refractivity contribution is 6.33. The van der Waals surface area contributed by atoms with Gasteiger partial charge in [-0.05, 0) is 49.4 Å². The van der Waals surface area contributed by atoms with Crippen LogP contribution in [0.2, 0.25) is 5.02 Å². The van der Waals surface area contributed by atoms with Crippen LogP contribution in [0.4, 0.5) is 11.4 Å². The minimum absolute atomic E-state index is 0.0295. The second kappa shape index (κ2) is 9.01. The Balaban J connectivity index is 1.88. The number of carbonyl (C=O) groups excluding carboxylic acids is 3. The molecule has 0 spiro atoms. The van der Waals surface area contributed by atoms with Gasteiger partial charge in [0, 0.05) is 24.2 Å². The van der Waals surface area contributed by atoms with Crippen molar-refractivity contribution in [1.29, 1.82) is 0 Å². The van der Waals surface area contributed by atoms with Crippen LogP contribution in [0.5, 0.6) is 0 Å². The lowest BCUT2D eigenvalue weighted by molar-refractivity contribution is -0.115. The molecule has 26 heavy (non-hydrogen) atoms. The van der Waals surface area contributed by atoms with Gasteiger partial charge in [-0.25, -0.2) is 4.79 Å². The van der Waals surface area contributed by atoms with Gasteiger partial charge in [-0.3, -0.25) is 9.59 Å². The SMILES string of the molecule is COC(=O)c1ccc(Cl)c(NCCC(=O)Nc2ccc(C(C)=O)cc2)c1. The van der Waals surface area contributed by atoms with Crippen LogP contribution in [0.1, 0.15) is 34.1 Å². The van der Waals surface area contributed by atoms with Gasteiger partial charge in [0.05, 0.1) is 23.4 Å². The second-order valence-electron chi connectivity index (χ2n) is 5.54. The standard InChI is InChI=1S/C19H19ClN2O4/c1-12(23)13-3-6-15(7-4-13)22-18(24)9-10-21-17-11-14(19(25)26-2)5-8-16(17)20/h3-8,11,21H,9-10H2,1-2H3,(H,22,24). The summed E-state index contributed by atoms with van der Waals surface area (Å²) in [5.74, 6) is -0.678. The van der Waals surface area contributed by atoms with Gasteiger partial charge in [-0.1, -0.05) is 11.6 Å². The van der Waals surface area contributed by atoms with Crippen LogP contribution in [0.3, 0.4) is 0 Å². The van der Waals surface area contributed by atoms with Crippen LogP contribution in [-0.4, -0.2) is 31.3 Å². The molecule has 2 N–H and O–H groups in total. The Bertz CT molecular complexity index is 819. The van der Waals surface area contributed by atoms with Gasteiger partial charge < -0.3 is 15.4 Å². The van der Waals surface area contributed by atoms with Crippen molar-refractivity contribution >= 4 is 40.6 Å². The molecule has 0 radical (unpaired) electrons. The van der Waals surface area contributed by atoms with Crippen molar-refractivity contribution in [3.8, 4) is 0 Å². The van der Waals surface area contributed by atoms with Gasteiger partial charge in [0.2, 0.25) is 5.91 Å². The number of halogens is 1. The number of hydrogen-bond acceptors (Lipinski definition) is 5. The maximum Gasteiger partial charge on any atom is 0.337 e. The predicted octanol–water partition coefficient (Wildman–Crippen LogP) is 3.77. The molecule has 0 atom stereocenters. The van der Waals surface area contributed by atoms with Crippen LogP contribution in [0.25, 0.3) is 0 Å². The average molecular weight is 375 g/mol. The molecule has 2 aromatic rings. The highest BCUT2D eigenvalue weighted by Crippen LogP contribution is 2.23. The Morgan fingerprint density at radius 3 is 2.31 bits per heavy atom. The number of benzene rings is 2. The van der Waals surface area contributed by atoms with Crippen molar-refractivity contribution < 1.29 is 19.1 Å². The van der Waals surface area contributed by atoms with Crippen LogP contribution in [0.15, 0.2) is 42.5 Å². The summed E-state index contributed by atoms with van der Waals surface area (Å²) >= 11 is 6.09. The summed E-state index contributed by atoms with van der Waals surface area (Å²) in [5, 5.41) is 6.22.